The lowest BCUT2D eigenvalue weighted by molar-refractivity contribution is -0.146. The SMILES string of the molecule is COc1ccc(NC(=O)COC(=O)Cc2ccc(Cl)cc2)cc1Cl. The van der Waals surface area contributed by atoms with Gasteiger partial charge < -0.3 is 14.8 Å². The molecule has 2 rings (SSSR count). The van der Waals surface area contributed by atoms with Crippen LogP contribution in [0.1, 0.15) is 5.56 Å². The van der Waals surface area contributed by atoms with Crippen LogP contribution in [0.5, 0.6) is 5.75 Å². The molecule has 1 N–H and O–H groups in total. The summed E-state index contributed by atoms with van der Waals surface area (Å²) in [5.74, 6) is -0.454. The third-order valence-electron chi connectivity index (χ3n) is 3.06. The number of halogens is 2. The maximum Gasteiger partial charge on any atom is 0.310 e. The van der Waals surface area contributed by atoms with Gasteiger partial charge in [0, 0.05) is 10.7 Å². The summed E-state index contributed by atoms with van der Waals surface area (Å²) in [7, 11) is 1.50. The third kappa shape index (κ3) is 5.44. The minimum atomic E-state index is -0.500. The predicted molar refractivity (Wildman–Crippen MR) is 92.7 cm³/mol. The van der Waals surface area contributed by atoms with Crippen LogP contribution in [0.4, 0.5) is 5.69 Å². The van der Waals surface area contributed by atoms with Crippen molar-refractivity contribution in [3.8, 4) is 5.75 Å². The Labute approximate surface area is 149 Å². The van der Waals surface area contributed by atoms with Crippen LogP contribution in [0.3, 0.4) is 0 Å². The summed E-state index contributed by atoms with van der Waals surface area (Å²) in [5.41, 5.74) is 1.24. The van der Waals surface area contributed by atoms with Gasteiger partial charge in [0.2, 0.25) is 0 Å². The molecule has 0 atom stereocenters. The van der Waals surface area contributed by atoms with Crippen LogP contribution in [0.25, 0.3) is 0 Å². The van der Waals surface area contributed by atoms with Gasteiger partial charge in [0.05, 0.1) is 18.6 Å². The minimum Gasteiger partial charge on any atom is -0.495 e. The Morgan fingerprint density at radius 2 is 1.79 bits per heavy atom. The Hall–Kier alpha value is -2.24. The van der Waals surface area contributed by atoms with E-state index in [9.17, 15) is 9.59 Å². The minimum absolute atomic E-state index is 0.0683. The summed E-state index contributed by atoms with van der Waals surface area (Å²) in [4.78, 5) is 23.5. The predicted octanol–water partition coefficient (Wildman–Crippen LogP) is 3.73. The second-order valence-corrected chi connectivity index (χ2v) is 5.71. The molecule has 2 aromatic carbocycles. The van der Waals surface area contributed by atoms with E-state index in [0.717, 1.165) is 5.56 Å². The van der Waals surface area contributed by atoms with Crippen molar-refractivity contribution in [2.24, 2.45) is 0 Å². The van der Waals surface area contributed by atoms with Gasteiger partial charge in [-0.15, -0.1) is 0 Å². The first-order chi connectivity index (χ1) is 11.5. The monoisotopic (exact) mass is 367 g/mol. The standard InChI is InChI=1S/C17H15Cl2NO4/c1-23-15-7-6-13(9-14(15)19)20-16(21)10-24-17(22)8-11-2-4-12(18)5-3-11/h2-7,9H,8,10H2,1H3,(H,20,21). The van der Waals surface area contributed by atoms with Crippen LogP contribution in [-0.2, 0) is 20.7 Å². The van der Waals surface area contributed by atoms with E-state index in [4.69, 9.17) is 32.7 Å². The maximum atomic E-state index is 11.8. The van der Waals surface area contributed by atoms with Crippen molar-refractivity contribution in [3.05, 3.63) is 58.1 Å². The smallest absolute Gasteiger partial charge is 0.310 e. The van der Waals surface area contributed by atoms with Gasteiger partial charge in [0.25, 0.3) is 5.91 Å². The third-order valence-corrected chi connectivity index (χ3v) is 3.61. The molecule has 0 saturated carbocycles. The lowest BCUT2D eigenvalue weighted by Crippen LogP contribution is -2.21. The average molecular weight is 368 g/mol. The molecule has 0 spiro atoms. The maximum absolute atomic E-state index is 11.8. The number of rotatable bonds is 6. The van der Waals surface area contributed by atoms with Gasteiger partial charge in [-0.3, -0.25) is 9.59 Å². The van der Waals surface area contributed by atoms with Crippen LogP contribution >= 0.6 is 23.2 Å². The van der Waals surface area contributed by atoms with Crippen molar-refractivity contribution in [3.63, 3.8) is 0 Å². The normalized spacial score (nSPS) is 10.1. The highest BCUT2D eigenvalue weighted by molar-refractivity contribution is 6.32. The number of ether oxygens (including phenoxy) is 2. The molecular formula is C17H15Cl2NO4. The topological polar surface area (TPSA) is 64.6 Å². The molecule has 126 valence electrons. The van der Waals surface area contributed by atoms with Crippen LogP contribution in [0.15, 0.2) is 42.5 Å². The van der Waals surface area contributed by atoms with E-state index in [0.29, 0.717) is 21.5 Å². The number of nitrogens with one attached hydrogen (secondary N) is 1. The molecule has 24 heavy (non-hydrogen) atoms. The molecule has 0 aliphatic rings. The fraction of sp³-hybridized carbons (Fsp3) is 0.176. The molecule has 5 nitrogen and oxygen atoms in total. The van der Waals surface area contributed by atoms with E-state index in [2.05, 4.69) is 5.32 Å². The molecule has 0 radical (unpaired) electrons. The van der Waals surface area contributed by atoms with E-state index < -0.39 is 11.9 Å². The van der Waals surface area contributed by atoms with Crippen LogP contribution in [0, 0.1) is 0 Å². The van der Waals surface area contributed by atoms with Gasteiger partial charge in [-0.05, 0) is 35.9 Å². The van der Waals surface area contributed by atoms with Gasteiger partial charge >= 0.3 is 5.97 Å². The Morgan fingerprint density at radius 1 is 1.08 bits per heavy atom. The molecule has 0 aliphatic heterocycles. The number of hydrogen-bond donors (Lipinski definition) is 1. The molecule has 7 heteroatoms. The summed E-state index contributed by atoms with van der Waals surface area (Å²) in [6, 6.07) is 11.6. The second kappa shape index (κ2) is 8.57. The molecular weight excluding hydrogens is 353 g/mol. The van der Waals surface area contributed by atoms with E-state index >= 15 is 0 Å². The fourth-order valence-corrected chi connectivity index (χ4v) is 2.29. The number of benzene rings is 2. The van der Waals surface area contributed by atoms with Crippen molar-refractivity contribution in [1.82, 2.24) is 0 Å². The van der Waals surface area contributed by atoms with Crippen molar-refractivity contribution < 1.29 is 19.1 Å². The summed E-state index contributed by atoms with van der Waals surface area (Å²) in [5, 5.41) is 3.55. The molecule has 0 saturated heterocycles. The number of carbonyl (C=O) groups is 2. The van der Waals surface area contributed by atoms with Gasteiger partial charge in [-0.2, -0.15) is 0 Å². The first-order valence-electron chi connectivity index (χ1n) is 7.01. The van der Waals surface area contributed by atoms with Crippen LogP contribution < -0.4 is 10.1 Å². The Balaban J connectivity index is 1.81. The second-order valence-electron chi connectivity index (χ2n) is 4.86. The average Bonchev–Trinajstić information content (AvgIpc) is 2.55. The largest absolute Gasteiger partial charge is 0.495 e. The van der Waals surface area contributed by atoms with Gasteiger partial charge in [-0.25, -0.2) is 0 Å². The van der Waals surface area contributed by atoms with Crippen molar-refractivity contribution in [2.75, 3.05) is 19.0 Å². The Kier molecular flexibility index (Phi) is 6.46. The summed E-state index contributed by atoms with van der Waals surface area (Å²) >= 11 is 11.7. The Bertz CT molecular complexity index is 732. The molecule has 0 bridgehead atoms. The van der Waals surface area contributed by atoms with Gasteiger partial charge in [-0.1, -0.05) is 35.3 Å². The number of amides is 1. The Morgan fingerprint density at radius 3 is 2.42 bits per heavy atom. The van der Waals surface area contributed by atoms with Crippen molar-refractivity contribution in [2.45, 2.75) is 6.42 Å². The molecule has 2 aromatic rings. The quantitative estimate of drug-likeness (QED) is 0.790. The number of carbonyl (C=O) groups excluding carboxylic acids is 2. The number of anilines is 1. The molecule has 0 aromatic heterocycles. The molecule has 1 amide bonds. The highest BCUT2D eigenvalue weighted by atomic mass is 35.5. The van der Waals surface area contributed by atoms with E-state index in [1.54, 1.807) is 42.5 Å². The summed E-state index contributed by atoms with van der Waals surface area (Å²) in [6.07, 6.45) is 0.0683. The van der Waals surface area contributed by atoms with E-state index in [1.807, 2.05) is 0 Å². The van der Waals surface area contributed by atoms with Gasteiger partial charge in [0.1, 0.15) is 5.75 Å². The molecule has 0 heterocycles. The van der Waals surface area contributed by atoms with Crippen LogP contribution in [-0.4, -0.2) is 25.6 Å². The summed E-state index contributed by atoms with van der Waals surface area (Å²) in [6.45, 7) is -0.379. The van der Waals surface area contributed by atoms with E-state index in [1.165, 1.54) is 7.11 Å². The van der Waals surface area contributed by atoms with Gasteiger partial charge in [0.15, 0.2) is 6.61 Å². The zero-order valence-electron chi connectivity index (χ0n) is 12.8. The molecule has 0 fully saturated rings. The first kappa shape index (κ1) is 18.1. The lowest BCUT2D eigenvalue weighted by Gasteiger charge is -2.09. The van der Waals surface area contributed by atoms with Crippen molar-refractivity contribution in [1.29, 1.82) is 0 Å². The van der Waals surface area contributed by atoms with E-state index in [-0.39, 0.29) is 13.0 Å². The zero-order valence-corrected chi connectivity index (χ0v) is 14.4. The first-order valence-corrected chi connectivity index (χ1v) is 7.77. The number of methoxy groups -OCH3 is 1. The number of esters is 1. The molecule has 0 aliphatic carbocycles. The summed E-state index contributed by atoms with van der Waals surface area (Å²) < 4.78 is 9.97. The highest BCUT2D eigenvalue weighted by Crippen LogP contribution is 2.27. The van der Waals surface area contributed by atoms with Crippen molar-refractivity contribution >= 4 is 40.8 Å². The molecule has 0 unspecified atom stereocenters. The lowest BCUT2D eigenvalue weighted by atomic mass is 10.1. The van der Waals surface area contributed by atoms with Crippen LogP contribution in [0.2, 0.25) is 10.0 Å². The zero-order chi connectivity index (χ0) is 17.5. The fourth-order valence-electron chi connectivity index (χ4n) is 1.91. The highest BCUT2D eigenvalue weighted by Gasteiger charge is 2.10. The number of hydrogen-bond acceptors (Lipinski definition) is 4.